The van der Waals surface area contributed by atoms with Gasteiger partial charge in [-0.05, 0) is 82.6 Å². The molecular formula is C31H46BrN3O6. The van der Waals surface area contributed by atoms with Crippen LogP contribution in [0.2, 0.25) is 0 Å². The number of carbonyl (C=O) groups excluding carboxylic acids is 3. The Morgan fingerprint density at radius 3 is 2.41 bits per heavy atom. The van der Waals surface area contributed by atoms with Crippen LogP contribution in [0.5, 0.6) is 5.75 Å². The Morgan fingerprint density at radius 2 is 1.80 bits per heavy atom. The molecule has 3 unspecified atom stereocenters. The number of aliphatic hydroxyl groups is 1. The van der Waals surface area contributed by atoms with Gasteiger partial charge in [-0.25, -0.2) is 0 Å². The molecule has 1 aromatic rings. The zero-order valence-electron chi connectivity index (χ0n) is 25.2. The maximum atomic E-state index is 14.1. The minimum absolute atomic E-state index is 0.0135. The lowest BCUT2D eigenvalue weighted by molar-refractivity contribution is -0.142. The number of rotatable bonds is 12. The molecule has 3 heterocycles. The second-order valence-corrected chi connectivity index (χ2v) is 14.7. The summed E-state index contributed by atoms with van der Waals surface area (Å²) in [4.78, 5) is 43.5. The van der Waals surface area contributed by atoms with Crippen molar-refractivity contribution in [3.05, 3.63) is 24.3 Å². The number of carbonyl (C=O) groups is 3. The van der Waals surface area contributed by atoms with E-state index in [-0.39, 0.29) is 34.6 Å². The molecule has 3 fully saturated rings. The molecule has 3 aliphatic heterocycles. The van der Waals surface area contributed by atoms with E-state index in [1.807, 2.05) is 20.8 Å². The molecule has 3 aliphatic rings. The molecule has 3 N–H and O–H groups in total. The minimum Gasteiger partial charge on any atom is -0.494 e. The van der Waals surface area contributed by atoms with Crippen molar-refractivity contribution < 1.29 is 29.0 Å². The summed E-state index contributed by atoms with van der Waals surface area (Å²) >= 11 is 3.73. The van der Waals surface area contributed by atoms with E-state index in [4.69, 9.17) is 9.47 Å². The van der Waals surface area contributed by atoms with Crippen molar-refractivity contribution >= 4 is 39.3 Å². The third-order valence-corrected chi connectivity index (χ3v) is 9.11. The van der Waals surface area contributed by atoms with Gasteiger partial charge in [0.05, 0.1) is 24.5 Å². The number of fused-ring (bicyclic) bond motifs is 1. The molecule has 3 saturated heterocycles. The van der Waals surface area contributed by atoms with Gasteiger partial charge in [0, 0.05) is 29.2 Å². The van der Waals surface area contributed by atoms with Gasteiger partial charge in [0.1, 0.15) is 17.4 Å². The number of alkyl halides is 1. The largest absolute Gasteiger partial charge is 0.494 e. The number of likely N-dealkylation sites (tertiary alicyclic amines) is 1. The van der Waals surface area contributed by atoms with Crippen LogP contribution < -0.4 is 15.4 Å². The van der Waals surface area contributed by atoms with Gasteiger partial charge in [0.25, 0.3) is 0 Å². The number of amides is 3. The van der Waals surface area contributed by atoms with Gasteiger partial charge in [0.2, 0.25) is 17.7 Å². The van der Waals surface area contributed by atoms with E-state index in [9.17, 15) is 19.5 Å². The number of hydrogen-bond donors (Lipinski definition) is 3. The standard InChI is InChI=1S/C31H46BrN3O6/c1-7-40-20-13-11-19(12-14-20)33-26(37)22-23-28(39)35(15-9-8-10-16-36)25(31(23)17-21(32)24(22)41-31)27(38)34-30(5,6)18-29(2,3)4/h11-14,21-25,36H,7-10,15-18H2,1-6H3,(H,33,37)(H,34,38)/t21?,22-,23+,24-,25?,31?/m1/s1. The van der Waals surface area contributed by atoms with E-state index in [1.54, 1.807) is 29.2 Å². The second kappa shape index (κ2) is 12.2. The van der Waals surface area contributed by atoms with Gasteiger partial charge in [-0.2, -0.15) is 0 Å². The van der Waals surface area contributed by atoms with Crippen LogP contribution in [0, 0.1) is 17.3 Å². The van der Waals surface area contributed by atoms with E-state index in [0.29, 0.717) is 43.9 Å². The fraction of sp³-hybridized carbons (Fsp3) is 0.710. The van der Waals surface area contributed by atoms with Crippen molar-refractivity contribution in [3.63, 3.8) is 0 Å². The molecule has 9 nitrogen and oxygen atoms in total. The van der Waals surface area contributed by atoms with Gasteiger partial charge < -0.3 is 30.1 Å². The summed E-state index contributed by atoms with van der Waals surface area (Å²) in [6.45, 7) is 13.3. The predicted octanol–water partition coefficient (Wildman–Crippen LogP) is 4.27. The smallest absolute Gasteiger partial charge is 0.246 e. The number of hydrogen-bond acceptors (Lipinski definition) is 6. The number of halogens is 1. The Balaban J connectivity index is 1.63. The Bertz CT molecular complexity index is 1120. The number of nitrogens with one attached hydrogen (secondary N) is 2. The molecule has 228 valence electrons. The van der Waals surface area contributed by atoms with Crippen LogP contribution in [0.15, 0.2) is 24.3 Å². The fourth-order valence-corrected chi connectivity index (χ4v) is 8.28. The molecule has 0 aromatic heterocycles. The molecule has 10 heteroatoms. The van der Waals surface area contributed by atoms with Crippen LogP contribution in [0.3, 0.4) is 0 Å². The molecule has 0 radical (unpaired) electrons. The van der Waals surface area contributed by atoms with Gasteiger partial charge in [0.15, 0.2) is 0 Å². The first-order valence-electron chi connectivity index (χ1n) is 14.8. The van der Waals surface area contributed by atoms with Crippen LogP contribution in [0.25, 0.3) is 0 Å². The summed E-state index contributed by atoms with van der Waals surface area (Å²) in [6.07, 6.45) is 2.69. The van der Waals surface area contributed by atoms with Crippen LogP contribution in [0.4, 0.5) is 5.69 Å². The summed E-state index contributed by atoms with van der Waals surface area (Å²) in [5.41, 5.74) is -1.02. The van der Waals surface area contributed by atoms with E-state index >= 15 is 0 Å². The molecule has 3 amide bonds. The highest BCUT2D eigenvalue weighted by Gasteiger charge is 2.76. The predicted molar refractivity (Wildman–Crippen MR) is 161 cm³/mol. The Kier molecular flexibility index (Phi) is 9.46. The number of aliphatic hydroxyl groups excluding tert-OH is 1. The zero-order valence-corrected chi connectivity index (χ0v) is 26.8. The van der Waals surface area contributed by atoms with Crippen molar-refractivity contribution in [2.75, 3.05) is 25.1 Å². The second-order valence-electron chi connectivity index (χ2n) is 13.5. The molecule has 2 bridgehead atoms. The third-order valence-electron chi connectivity index (χ3n) is 8.26. The minimum atomic E-state index is -1.10. The Morgan fingerprint density at radius 1 is 1.12 bits per heavy atom. The van der Waals surface area contributed by atoms with Crippen LogP contribution in [-0.4, -0.2) is 75.6 Å². The monoisotopic (exact) mass is 635 g/mol. The number of anilines is 1. The number of ether oxygens (including phenoxy) is 2. The molecule has 41 heavy (non-hydrogen) atoms. The van der Waals surface area contributed by atoms with Crippen molar-refractivity contribution in [1.29, 1.82) is 0 Å². The molecule has 0 aliphatic carbocycles. The maximum Gasteiger partial charge on any atom is 0.246 e. The molecule has 4 rings (SSSR count). The lowest BCUT2D eigenvalue weighted by Crippen LogP contribution is -2.59. The zero-order chi connectivity index (χ0) is 30.2. The highest BCUT2D eigenvalue weighted by atomic mass is 79.9. The molecular weight excluding hydrogens is 590 g/mol. The first kappa shape index (κ1) is 31.8. The highest BCUT2D eigenvalue weighted by molar-refractivity contribution is 9.09. The molecule has 0 saturated carbocycles. The van der Waals surface area contributed by atoms with Crippen molar-refractivity contribution in [2.24, 2.45) is 17.3 Å². The number of unbranched alkanes of at least 4 members (excludes halogenated alkanes) is 2. The maximum absolute atomic E-state index is 14.1. The highest BCUT2D eigenvalue weighted by Crippen LogP contribution is 2.60. The van der Waals surface area contributed by atoms with E-state index < -0.39 is 35.1 Å². The van der Waals surface area contributed by atoms with Gasteiger partial charge in [-0.15, -0.1) is 0 Å². The molecule has 6 atom stereocenters. The quantitative estimate of drug-likeness (QED) is 0.233. The van der Waals surface area contributed by atoms with Crippen LogP contribution >= 0.6 is 15.9 Å². The van der Waals surface area contributed by atoms with Crippen molar-refractivity contribution in [2.45, 2.75) is 102 Å². The van der Waals surface area contributed by atoms with Gasteiger partial charge in [-0.3, -0.25) is 14.4 Å². The van der Waals surface area contributed by atoms with Gasteiger partial charge >= 0.3 is 0 Å². The van der Waals surface area contributed by atoms with E-state index in [1.165, 1.54) is 0 Å². The molecule has 1 spiro atoms. The van der Waals surface area contributed by atoms with Crippen molar-refractivity contribution in [3.8, 4) is 5.75 Å². The lowest BCUT2D eigenvalue weighted by atomic mass is 9.70. The van der Waals surface area contributed by atoms with E-state index in [2.05, 4.69) is 47.3 Å². The lowest BCUT2D eigenvalue weighted by Gasteiger charge is -2.38. The van der Waals surface area contributed by atoms with Gasteiger partial charge in [-0.1, -0.05) is 36.7 Å². The fourth-order valence-electron chi connectivity index (χ4n) is 7.34. The summed E-state index contributed by atoms with van der Waals surface area (Å²) in [6, 6.07) is 6.28. The number of nitrogens with zero attached hydrogens (tertiary/aromatic N) is 1. The van der Waals surface area contributed by atoms with Crippen LogP contribution in [0.1, 0.15) is 73.6 Å². The Labute approximate surface area is 252 Å². The topological polar surface area (TPSA) is 117 Å². The SMILES string of the molecule is CCOc1ccc(NC(=O)[C@H]2[C@@H]3OC4(CC3Br)C(C(=O)NC(C)(C)CC(C)(C)C)N(CCCCCO)C(=O)[C@H]24)cc1. The summed E-state index contributed by atoms with van der Waals surface area (Å²) < 4.78 is 12.1. The third kappa shape index (κ3) is 6.59. The average Bonchev–Trinajstić information content (AvgIpc) is 3.44. The van der Waals surface area contributed by atoms with Crippen molar-refractivity contribution in [1.82, 2.24) is 10.2 Å². The average molecular weight is 637 g/mol. The summed E-state index contributed by atoms with van der Waals surface area (Å²) in [5.74, 6) is -1.55. The van der Waals surface area contributed by atoms with Crippen LogP contribution in [-0.2, 0) is 19.1 Å². The first-order chi connectivity index (χ1) is 19.2. The Hall–Kier alpha value is -2.17. The number of benzene rings is 1. The first-order valence-corrected chi connectivity index (χ1v) is 15.7. The molecule has 1 aromatic carbocycles. The normalized spacial score (nSPS) is 29.0. The van der Waals surface area contributed by atoms with E-state index in [0.717, 1.165) is 12.8 Å². The summed E-state index contributed by atoms with van der Waals surface area (Å²) in [7, 11) is 0. The summed E-state index contributed by atoms with van der Waals surface area (Å²) in [5, 5.41) is 15.5.